The standard InChI is InChI=1S/C14H13NO2/c1-3-4-5-11-9(2)15-13-8-10(14(16)17)6-7-12(11)13/h3-8,15H,1H2,2H3,(H,16,17)/b5-4-. The summed E-state index contributed by atoms with van der Waals surface area (Å²) in [6.07, 6.45) is 5.53. The number of rotatable bonds is 3. The second-order valence-electron chi connectivity index (χ2n) is 3.82. The van der Waals surface area contributed by atoms with Crippen molar-refractivity contribution in [1.29, 1.82) is 0 Å². The van der Waals surface area contributed by atoms with E-state index in [0.717, 1.165) is 22.2 Å². The summed E-state index contributed by atoms with van der Waals surface area (Å²) in [5.74, 6) is -0.915. The van der Waals surface area contributed by atoms with Gasteiger partial charge in [-0.05, 0) is 19.1 Å². The molecule has 1 aromatic carbocycles. The lowest BCUT2D eigenvalue weighted by Gasteiger charge is -1.95. The van der Waals surface area contributed by atoms with Gasteiger partial charge in [0.05, 0.1) is 5.56 Å². The maximum absolute atomic E-state index is 10.9. The first kappa shape index (κ1) is 11.2. The fourth-order valence-corrected chi connectivity index (χ4v) is 1.87. The highest BCUT2D eigenvalue weighted by Crippen LogP contribution is 2.24. The summed E-state index contributed by atoms with van der Waals surface area (Å²) in [5.41, 5.74) is 3.21. The minimum Gasteiger partial charge on any atom is -0.478 e. The Morgan fingerprint density at radius 2 is 2.24 bits per heavy atom. The molecule has 0 aliphatic carbocycles. The Morgan fingerprint density at radius 3 is 2.88 bits per heavy atom. The van der Waals surface area contributed by atoms with Crippen LogP contribution >= 0.6 is 0 Å². The monoisotopic (exact) mass is 227 g/mol. The lowest BCUT2D eigenvalue weighted by Crippen LogP contribution is -1.94. The number of carbonyl (C=O) groups is 1. The van der Waals surface area contributed by atoms with Gasteiger partial charge in [0, 0.05) is 22.2 Å². The Hall–Kier alpha value is -2.29. The lowest BCUT2D eigenvalue weighted by atomic mass is 10.1. The average molecular weight is 227 g/mol. The van der Waals surface area contributed by atoms with E-state index in [4.69, 9.17) is 5.11 Å². The molecule has 0 unspecified atom stereocenters. The molecule has 86 valence electrons. The van der Waals surface area contributed by atoms with Gasteiger partial charge in [0.25, 0.3) is 0 Å². The molecule has 0 spiro atoms. The van der Waals surface area contributed by atoms with E-state index in [9.17, 15) is 4.79 Å². The van der Waals surface area contributed by atoms with Gasteiger partial charge in [-0.2, -0.15) is 0 Å². The summed E-state index contributed by atoms with van der Waals surface area (Å²) in [4.78, 5) is 14.0. The molecule has 0 aliphatic rings. The number of fused-ring (bicyclic) bond motifs is 1. The number of benzene rings is 1. The molecule has 0 fully saturated rings. The first-order valence-corrected chi connectivity index (χ1v) is 5.28. The van der Waals surface area contributed by atoms with Gasteiger partial charge >= 0.3 is 5.97 Å². The molecule has 0 aliphatic heterocycles. The van der Waals surface area contributed by atoms with Crippen molar-refractivity contribution < 1.29 is 9.90 Å². The molecule has 1 heterocycles. The predicted octanol–water partition coefficient (Wildman–Crippen LogP) is 3.37. The number of aromatic carboxylic acids is 1. The minimum atomic E-state index is -0.915. The van der Waals surface area contributed by atoms with Crippen LogP contribution in [0.15, 0.2) is 36.9 Å². The number of aromatic amines is 1. The van der Waals surface area contributed by atoms with E-state index in [1.54, 1.807) is 18.2 Å². The summed E-state index contributed by atoms with van der Waals surface area (Å²) in [7, 11) is 0. The van der Waals surface area contributed by atoms with Crippen LogP contribution in [0.4, 0.5) is 0 Å². The molecule has 0 atom stereocenters. The van der Waals surface area contributed by atoms with Crippen LogP contribution in [-0.4, -0.2) is 16.1 Å². The summed E-state index contributed by atoms with van der Waals surface area (Å²) < 4.78 is 0. The van der Waals surface area contributed by atoms with Crippen LogP contribution in [0.3, 0.4) is 0 Å². The maximum atomic E-state index is 10.9. The first-order chi connectivity index (χ1) is 8.13. The van der Waals surface area contributed by atoms with E-state index in [-0.39, 0.29) is 5.56 Å². The molecule has 0 amide bonds. The molecule has 0 radical (unpaired) electrons. The van der Waals surface area contributed by atoms with Gasteiger partial charge in [-0.3, -0.25) is 0 Å². The van der Waals surface area contributed by atoms with Gasteiger partial charge in [-0.1, -0.05) is 30.9 Å². The van der Waals surface area contributed by atoms with Crippen LogP contribution in [0.2, 0.25) is 0 Å². The normalized spacial score (nSPS) is 11.1. The molecule has 2 rings (SSSR count). The van der Waals surface area contributed by atoms with E-state index in [1.165, 1.54) is 0 Å². The molecular formula is C14H13NO2. The average Bonchev–Trinajstić information content (AvgIpc) is 2.61. The Bertz CT molecular complexity index is 620. The summed E-state index contributed by atoms with van der Waals surface area (Å²) in [6, 6.07) is 5.09. The van der Waals surface area contributed by atoms with Gasteiger partial charge in [0.15, 0.2) is 0 Å². The first-order valence-electron chi connectivity index (χ1n) is 5.28. The molecule has 3 nitrogen and oxygen atoms in total. The van der Waals surface area contributed by atoms with Crippen molar-refractivity contribution in [3.63, 3.8) is 0 Å². The van der Waals surface area contributed by atoms with E-state index in [2.05, 4.69) is 11.6 Å². The summed E-state index contributed by atoms with van der Waals surface area (Å²) in [6.45, 7) is 5.59. The van der Waals surface area contributed by atoms with E-state index >= 15 is 0 Å². The van der Waals surface area contributed by atoms with E-state index < -0.39 is 5.97 Å². The largest absolute Gasteiger partial charge is 0.478 e. The van der Waals surface area contributed by atoms with Crippen molar-refractivity contribution in [2.75, 3.05) is 0 Å². The van der Waals surface area contributed by atoms with E-state index in [1.807, 2.05) is 25.1 Å². The smallest absolute Gasteiger partial charge is 0.335 e. The van der Waals surface area contributed by atoms with Crippen molar-refractivity contribution in [3.05, 3.63) is 53.8 Å². The van der Waals surface area contributed by atoms with Crippen LogP contribution in [0, 0.1) is 6.92 Å². The van der Waals surface area contributed by atoms with Crippen molar-refractivity contribution in [2.24, 2.45) is 0 Å². The molecule has 17 heavy (non-hydrogen) atoms. The quantitative estimate of drug-likeness (QED) is 0.790. The lowest BCUT2D eigenvalue weighted by molar-refractivity contribution is 0.0697. The Labute approximate surface area is 99.1 Å². The van der Waals surface area contributed by atoms with Crippen LogP contribution in [0.1, 0.15) is 21.6 Å². The van der Waals surface area contributed by atoms with Crippen molar-refractivity contribution in [3.8, 4) is 0 Å². The van der Waals surface area contributed by atoms with Gasteiger partial charge in [0.2, 0.25) is 0 Å². The molecule has 0 saturated heterocycles. The second-order valence-corrected chi connectivity index (χ2v) is 3.82. The number of H-pyrrole nitrogens is 1. The van der Waals surface area contributed by atoms with Gasteiger partial charge in [0.1, 0.15) is 0 Å². The van der Waals surface area contributed by atoms with E-state index in [0.29, 0.717) is 0 Å². The zero-order valence-electron chi connectivity index (χ0n) is 9.53. The Morgan fingerprint density at radius 1 is 1.47 bits per heavy atom. The third-order valence-electron chi connectivity index (χ3n) is 2.68. The minimum absolute atomic E-state index is 0.290. The van der Waals surface area contributed by atoms with Crippen molar-refractivity contribution >= 4 is 22.9 Å². The number of nitrogens with one attached hydrogen (secondary N) is 1. The number of allylic oxidation sites excluding steroid dienone is 2. The highest BCUT2D eigenvalue weighted by atomic mass is 16.4. The second kappa shape index (κ2) is 4.29. The number of hydrogen-bond donors (Lipinski definition) is 2. The maximum Gasteiger partial charge on any atom is 0.335 e. The van der Waals surface area contributed by atoms with Crippen LogP contribution in [0.25, 0.3) is 17.0 Å². The molecule has 2 N–H and O–H groups in total. The molecule has 0 bridgehead atoms. The number of carboxylic acid groups (broad SMARTS) is 1. The molecular weight excluding hydrogens is 214 g/mol. The van der Waals surface area contributed by atoms with Gasteiger partial charge in [-0.25, -0.2) is 4.79 Å². The van der Waals surface area contributed by atoms with Gasteiger partial charge in [-0.15, -0.1) is 0 Å². The zero-order chi connectivity index (χ0) is 12.4. The number of carboxylic acids is 1. The Kier molecular flexibility index (Phi) is 2.83. The molecule has 0 saturated carbocycles. The van der Waals surface area contributed by atoms with Crippen molar-refractivity contribution in [2.45, 2.75) is 6.92 Å². The van der Waals surface area contributed by atoms with Crippen LogP contribution < -0.4 is 0 Å². The molecule has 1 aromatic heterocycles. The van der Waals surface area contributed by atoms with Crippen molar-refractivity contribution in [1.82, 2.24) is 4.98 Å². The molecule has 2 aromatic rings. The molecule has 3 heteroatoms. The fraction of sp³-hybridized carbons (Fsp3) is 0.0714. The Balaban J connectivity index is 2.64. The van der Waals surface area contributed by atoms with Crippen LogP contribution in [0.5, 0.6) is 0 Å². The fourth-order valence-electron chi connectivity index (χ4n) is 1.87. The third kappa shape index (κ3) is 1.99. The number of hydrogen-bond acceptors (Lipinski definition) is 1. The highest BCUT2D eigenvalue weighted by Gasteiger charge is 2.08. The SMILES string of the molecule is C=C/C=C\c1c(C)[nH]c2cc(C(=O)O)ccc12. The zero-order valence-corrected chi connectivity index (χ0v) is 9.53. The number of aromatic nitrogens is 1. The highest BCUT2D eigenvalue weighted by molar-refractivity contribution is 5.97. The summed E-state index contributed by atoms with van der Waals surface area (Å²) >= 11 is 0. The van der Waals surface area contributed by atoms with Gasteiger partial charge < -0.3 is 10.1 Å². The third-order valence-corrected chi connectivity index (χ3v) is 2.68. The summed E-state index contributed by atoms with van der Waals surface area (Å²) in [5, 5.41) is 9.94. The predicted molar refractivity (Wildman–Crippen MR) is 69.2 cm³/mol. The number of aryl methyl sites for hydroxylation is 1. The van der Waals surface area contributed by atoms with Crippen LogP contribution in [-0.2, 0) is 0 Å². The topological polar surface area (TPSA) is 53.1 Å².